The molecule has 0 atom stereocenters. The topological polar surface area (TPSA) is 77.8 Å². The minimum atomic E-state index is 0.322. The van der Waals surface area contributed by atoms with Gasteiger partial charge in [-0.3, -0.25) is 0 Å². The first-order chi connectivity index (χ1) is 5.89. The van der Waals surface area contributed by atoms with E-state index in [-0.39, 0.29) is 0 Å². The molecule has 0 saturated carbocycles. The van der Waals surface area contributed by atoms with Crippen LogP contribution in [0.15, 0.2) is 41.5 Å². The van der Waals surface area contributed by atoms with Crippen LogP contribution in [-0.4, -0.2) is 15.1 Å². The van der Waals surface area contributed by atoms with Gasteiger partial charge in [-0.05, 0) is 12.1 Å². The summed E-state index contributed by atoms with van der Waals surface area (Å²) in [6.45, 7) is 0. The van der Waals surface area contributed by atoms with Gasteiger partial charge in [-0.15, -0.1) is 0 Å². The predicted molar refractivity (Wildman–Crippen MR) is 42.9 cm³/mol. The Morgan fingerprint density at radius 2 is 1.83 bits per heavy atom. The summed E-state index contributed by atoms with van der Waals surface area (Å²) in [5, 5.41) is 3.35. The van der Waals surface area contributed by atoms with Gasteiger partial charge in [-0.25, -0.2) is 9.97 Å². The molecular formula is C7H8N4O. The molecule has 0 amide bonds. The third-order valence-corrected chi connectivity index (χ3v) is 0.933. The second kappa shape index (κ2) is 4.84. The van der Waals surface area contributed by atoms with Crippen molar-refractivity contribution < 1.29 is 4.52 Å². The summed E-state index contributed by atoms with van der Waals surface area (Å²) in [5.74, 6) is 0.322. The van der Waals surface area contributed by atoms with E-state index < -0.39 is 0 Å². The molecule has 0 bridgehead atoms. The molecule has 2 N–H and O–H groups in total. The normalized spacial score (nSPS) is 8.33. The molecule has 5 heteroatoms. The second-order valence-electron chi connectivity index (χ2n) is 1.80. The van der Waals surface area contributed by atoms with E-state index in [1.54, 1.807) is 30.7 Å². The number of nitrogens with two attached hydrogens (primary N) is 1. The van der Waals surface area contributed by atoms with Crippen LogP contribution in [0.3, 0.4) is 0 Å². The van der Waals surface area contributed by atoms with Crippen molar-refractivity contribution in [1.29, 1.82) is 0 Å². The summed E-state index contributed by atoms with van der Waals surface area (Å²) < 4.78 is 4.33. The molecule has 0 unspecified atom stereocenters. The van der Waals surface area contributed by atoms with Crippen molar-refractivity contribution >= 4 is 5.95 Å². The summed E-state index contributed by atoms with van der Waals surface area (Å²) >= 11 is 0. The van der Waals surface area contributed by atoms with E-state index >= 15 is 0 Å². The second-order valence-corrected chi connectivity index (χ2v) is 1.80. The Morgan fingerprint density at radius 3 is 2.08 bits per heavy atom. The number of aromatic nitrogens is 3. The molecular weight excluding hydrogens is 156 g/mol. The fourth-order valence-electron chi connectivity index (χ4n) is 0.486. The lowest BCUT2D eigenvalue weighted by Gasteiger charge is -1.82. The Kier molecular flexibility index (Phi) is 3.30. The van der Waals surface area contributed by atoms with Crippen LogP contribution < -0.4 is 5.73 Å². The minimum absolute atomic E-state index is 0.322. The van der Waals surface area contributed by atoms with Crippen molar-refractivity contribution in [2.75, 3.05) is 5.73 Å². The standard InChI is InChI=1S/C4H5N3.C3H3NO/c5-4-6-2-1-3-7-4;1-2-4-5-3-1/h1-3H,(H2,5,6,7);1-3H. The summed E-state index contributed by atoms with van der Waals surface area (Å²) in [4.78, 5) is 7.29. The molecule has 62 valence electrons. The molecule has 12 heavy (non-hydrogen) atoms. The molecule has 0 spiro atoms. The average molecular weight is 164 g/mol. The largest absolute Gasteiger partial charge is 0.368 e. The number of hydrogen-bond acceptors (Lipinski definition) is 5. The molecule has 2 aromatic rings. The van der Waals surface area contributed by atoms with Crippen LogP contribution in [0.25, 0.3) is 0 Å². The Morgan fingerprint density at radius 1 is 1.08 bits per heavy atom. The lowest BCUT2D eigenvalue weighted by Crippen LogP contribution is -1.90. The van der Waals surface area contributed by atoms with Crippen LogP contribution in [0, 0.1) is 0 Å². The first-order valence-electron chi connectivity index (χ1n) is 3.26. The quantitative estimate of drug-likeness (QED) is 0.621. The van der Waals surface area contributed by atoms with Gasteiger partial charge >= 0.3 is 0 Å². The Labute approximate surface area is 69.2 Å². The summed E-state index contributed by atoms with van der Waals surface area (Å²) in [6.07, 6.45) is 6.30. The van der Waals surface area contributed by atoms with Crippen molar-refractivity contribution in [3.63, 3.8) is 0 Å². The van der Waals surface area contributed by atoms with Crippen molar-refractivity contribution in [2.45, 2.75) is 0 Å². The zero-order chi connectivity index (χ0) is 8.65. The van der Waals surface area contributed by atoms with Crippen molar-refractivity contribution in [1.82, 2.24) is 15.1 Å². The van der Waals surface area contributed by atoms with Gasteiger partial charge in [0.05, 0.1) is 6.20 Å². The predicted octanol–water partition coefficient (Wildman–Crippen LogP) is 0.733. The van der Waals surface area contributed by atoms with Gasteiger partial charge in [0.25, 0.3) is 0 Å². The van der Waals surface area contributed by atoms with E-state index in [9.17, 15) is 0 Å². The molecule has 0 aliphatic heterocycles. The molecule has 2 rings (SSSR count). The lowest BCUT2D eigenvalue weighted by atomic mass is 10.7. The van der Waals surface area contributed by atoms with Crippen LogP contribution in [0.4, 0.5) is 5.95 Å². The first kappa shape index (κ1) is 8.19. The van der Waals surface area contributed by atoms with Crippen LogP contribution >= 0.6 is 0 Å². The fraction of sp³-hybridized carbons (Fsp3) is 0. The lowest BCUT2D eigenvalue weighted by molar-refractivity contribution is 0.420. The average Bonchev–Trinajstić information content (AvgIpc) is 2.62. The Hall–Kier alpha value is -1.91. The van der Waals surface area contributed by atoms with Crippen LogP contribution in [0.5, 0.6) is 0 Å². The zero-order valence-corrected chi connectivity index (χ0v) is 6.29. The number of anilines is 1. The molecule has 0 fully saturated rings. The Bertz CT molecular complexity index is 264. The summed E-state index contributed by atoms with van der Waals surface area (Å²) in [7, 11) is 0. The third kappa shape index (κ3) is 3.31. The molecule has 0 radical (unpaired) electrons. The van der Waals surface area contributed by atoms with Gasteiger partial charge in [-0.2, -0.15) is 0 Å². The van der Waals surface area contributed by atoms with E-state index in [0.29, 0.717) is 5.95 Å². The number of rotatable bonds is 0. The number of nitrogen functional groups attached to an aromatic ring is 1. The molecule has 0 aliphatic rings. The minimum Gasteiger partial charge on any atom is -0.368 e. The van der Waals surface area contributed by atoms with Crippen molar-refractivity contribution in [2.24, 2.45) is 0 Å². The van der Waals surface area contributed by atoms with Gasteiger partial charge in [-0.1, -0.05) is 5.16 Å². The maximum atomic E-state index is 5.14. The smallest absolute Gasteiger partial charge is 0.219 e. The SMILES string of the molecule is Nc1ncccn1.c1cnoc1. The van der Waals surface area contributed by atoms with Gasteiger partial charge < -0.3 is 10.3 Å². The highest BCUT2D eigenvalue weighted by Gasteiger charge is 1.75. The van der Waals surface area contributed by atoms with Crippen LogP contribution in [-0.2, 0) is 0 Å². The highest BCUT2D eigenvalue weighted by molar-refractivity contribution is 5.11. The molecule has 5 nitrogen and oxygen atoms in total. The highest BCUT2D eigenvalue weighted by Crippen LogP contribution is 1.81. The van der Waals surface area contributed by atoms with Gasteiger partial charge in [0.2, 0.25) is 5.95 Å². The highest BCUT2D eigenvalue weighted by atomic mass is 16.5. The first-order valence-corrected chi connectivity index (χ1v) is 3.26. The summed E-state index contributed by atoms with van der Waals surface area (Å²) in [6, 6.07) is 3.44. The monoisotopic (exact) mass is 164 g/mol. The van der Waals surface area contributed by atoms with Gasteiger partial charge in [0.1, 0.15) is 6.26 Å². The molecule has 2 aromatic heterocycles. The van der Waals surface area contributed by atoms with E-state index in [1.165, 1.54) is 6.26 Å². The zero-order valence-electron chi connectivity index (χ0n) is 6.29. The van der Waals surface area contributed by atoms with Crippen molar-refractivity contribution in [3.8, 4) is 0 Å². The third-order valence-electron chi connectivity index (χ3n) is 0.933. The van der Waals surface area contributed by atoms with E-state index in [2.05, 4.69) is 19.6 Å². The van der Waals surface area contributed by atoms with Crippen LogP contribution in [0.2, 0.25) is 0 Å². The van der Waals surface area contributed by atoms with Gasteiger partial charge in [0.15, 0.2) is 0 Å². The molecule has 2 heterocycles. The van der Waals surface area contributed by atoms with Crippen LogP contribution in [0.1, 0.15) is 0 Å². The van der Waals surface area contributed by atoms with E-state index in [0.717, 1.165) is 0 Å². The van der Waals surface area contributed by atoms with E-state index in [1.807, 2.05) is 0 Å². The van der Waals surface area contributed by atoms with Gasteiger partial charge in [0, 0.05) is 12.4 Å². The maximum absolute atomic E-state index is 5.14. The van der Waals surface area contributed by atoms with Crippen molar-refractivity contribution in [3.05, 3.63) is 37.0 Å². The molecule has 0 aliphatic carbocycles. The molecule has 0 saturated heterocycles. The number of hydrogen-bond donors (Lipinski definition) is 1. The fourth-order valence-corrected chi connectivity index (χ4v) is 0.486. The Balaban J connectivity index is 0.000000127. The number of nitrogens with zero attached hydrogens (tertiary/aromatic N) is 3. The summed E-state index contributed by atoms with van der Waals surface area (Å²) in [5.41, 5.74) is 5.14. The molecule has 0 aromatic carbocycles. The van der Waals surface area contributed by atoms with E-state index in [4.69, 9.17) is 5.73 Å². The maximum Gasteiger partial charge on any atom is 0.219 e.